The number of hydroxylamine groups is 1. The van der Waals surface area contributed by atoms with Gasteiger partial charge in [0.2, 0.25) is 0 Å². The predicted octanol–water partition coefficient (Wildman–Crippen LogP) is 1.00. The first-order valence-electron chi connectivity index (χ1n) is 4.83. The second-order valence-electron chi connectivity index (χ2n) is 2.97. The van der Waals surface area contributed by atoms with Crippen LogP contribution in [0.5, 0.6) is 5.75 Å². The fraction of sp³-hybridized carbons (Fsp3) is 0.364. The number of amides is 1. The molecule has 1 aromatic carbocycles. The van der Waals surface area contributed by atoms with Crippen molar-refractivity contribution in [3.8, 4) is 5.75 Å². The molecule has 0 heterocycles. The molecule has 1 N–H and O–H groups in total. The lowest BCUT2D eigenvalue weighted by atomic mass is 10.2. The topological polar surface area (TPSA) is 56.8 Å². The molecular weight excluding hydrogens is 210 g/mol. The van der Waals surface area contributed by atoms with Crippen LogP contribution < -0.4 is 10.2 Å². The van der Waals surface area contributed by atoms with Crippen molar-refractivity contribution in [2.45, 2.75) is 0 Å². The zero-order valence-electron chi connectivity index (χ0n) is 9.36. The summed E-state index contributed by atoms with van der Waals surface area (Å²) in [5.74, 6) is 0.171. The third-order valence-electron chi connectivity index (χ3n) is 1.87. The monoisotopic (exact) mass is 225 g/mol. The van der Waals surface area contributed by atoms with E-state index in [0.29, 0.717) is 24.5 Å². The Morgan fingerprint density at radius 1 is 1.25 bits per heavy atom. The van der Waals surface area contributed by atoms with E-state index < -0.39 is 0 Å². The van der Waals surface area contributed by atoms with E-state index >= 15 is 0 Å². The standard InChI is InChI=1S/C11H15NO4/c1-14-7-8-16-10-6-4-3-5-9(10)11(13)12-15-2/h3-6H,7-8H2,1-2H3,(H,12,13). The Kier molecular flexibility index (Phi) is 5.31. The molecule has 0 fully saturated rings. The summed E-state index contributed by atoms with van der Waals surface area (Å²) in [5, 5.41) is 0. The van der Waals surface area contributed by atoms with Crippen LogP contribution >= 0.6 is 0 Å². The average Bonchev–Trinajstić information content (AvgIpc) is 2.30. The third kappa shape index (κ3) is 3.52. The molecule has 0 saturated carbocycles. The van der Waals surface area contributed by atoms with Crippen molar-refractivity contribution < 1.29 is 19.1 Å². The van der Waals surface area contributed by atoms with E-state index in [9.17, 15) is 4.79 Å². The number of para-hydroxylation sites is 1. The smallest absolute Gasteiger partial charge is 0.278 e. The Bertz CT molecular complexity index is 341. The second-order valence-corrected chi connectivity index (χ2v) is 2.97. The molecule has 0 aliphatic carbocycles. The Hall–Kier alpha value is -1.59. The van der Waals surface area contributed by atoms with Crippen LogP contribution in [0.2, 0.25) is 0 Å². The van der Waals surface area contributed by atoms with Gasteiger partial charge in [0.05, 0.1) is 19.3 Å². The molecule has 0 radical (unpaired) electrons. The van der Waals surface area contributed by atoms with Crippen LogP contribution in [0.3, 0.4) is 0 Å². The molecule has 0 bridgehead atoms. The molecule has 88 valence electrons. The Morgan fingerprint density at radius 3 is 2.69 bits per heavy atom. The largest absolute Gasteiger partial charge is 0.490 e. The van der Waals surface area contributed by atoms with Gasteiger partial charge in [-0.05, 0) is 12.1 Å². The molecule has 0 atom stereocenters. The van der Waals surface area contributed by atoms with Gasteiger partial charge in [-0.25, -0.2) is 5.48 Å². The maximum Gasteiger partial charge on any atom is 0.278 e. The molecule has 5 nitrogen and oxygen atoms in total. The Labute approximate surface area is 94.3 Å². The number of hydrogen-bond acceptors (Lipinski definition) is 4. The van der Waals surface area contributed by atoms with Crippen LogP contribution in [-0.4, -0.2) is 33.3 Å². The predicted molar refractivity (Wildman–Crippen MR) is 58.3 cm³/mol. The highest BCUT2D eigenvalue weighted by Gasteiger charge is 2.11. The summed E-state index contributed by atoms with van der Waals surface area (Å²) < 4.78 is 10.3. The van der Waals surface area contributed by atoms with Gasteiger partial charge >= 0.3 is 0 Å². The van der Waals surface area contributed by atoms with Gasteiger partial charge in [0.25, 0.3) is 5.91 Å². The van der Waals surface area contributed by atoms with E-state index in [0.717, 1.165) is 0 Å². The van der Waals surface area contributed by atoms with Crippen LogP contribution in [0.25, 0.3) is 0 Å². The summed E-state index contributed by atoms with van der Waals surface area (Å²) in [5.41, 5.74) is 2.67. The minimum Gasteiger partial charge on any atom is -0.490 e. The lowest BCUT2D eigenvalue weighted by molar-refractivity contribution is 0.0532. The number of ether oxygens (including phenoxy) is 2. The summed E-state index contributed by atoms with van der Waals surface area (Å²) in [7, 11) is 2.97. The van der Waals surface area contributed by atoms with Gasteiger partial charge in [-0.3, -0.25) is 9.63 Å². The molecule has 0 aliphatic rings. The van der Waals surface area contributed by atoms with Crippen LogP contribution in [0, 0.1) is 0 Å². The van der Waals surface area contributed by atoms with Gasteiger partial charge < -0.3 is 9.47 Å². The summed E-state index contributed by atoms with van der Waals surface area (Å²) in [6.45, 7) is 0.869. The number of methoxy groups -OCH3 is 1. The Balaban J connectivity index is 2.71. The zero-order chi connectivity index (χ0) is 11.8. The fourth-order valence-electron chi connectivity index (χ4n) is 1.16. The highest BCUT2D eigenvalue weighted by atomic mass is 16.6. The van der Waals surface area contributed by atoms with Crippen LogP contribution in [-0.2, 0) is 9.57 Å². The van der Waals surface area contributed by atoms with Crippen molar-refractivity contribution in [1.82, 2.24) is 5.48 Å². The van der Waals surface area contributed by atoms with Crippen molar-refractivity contribution in [1.29, 1.82) is 0 Å². The molecule has 0 spiro atoms. The first-order chi connectivity index (χ1) is 7.79. The van der Waals surface area contributed by atoms with E-state index in [-0.39, 0.29) is 5.91 Å². The normalized spacial score (nSPS) is 9.88. The Morgan fingerprint density at radius 2 is 2.00 bits per heavy atom. The van der Waals surface area contributed by atoms with E-state index in [2.05, 4.69) is 10.3 Å². The van der Waals surface area contributed by atoms with Crippen LogP contribution in [0.4, 0.5) is 0 Å². The molecule has 5 heteroatoms. The first kappa shape index (κ1) is 12.5. The lowest BCUT2D eigenvalue weighted by Gasteiger charge is -2.10. The van der Waals surface area contributed by atoms with Crippen molar-refractivity contribution >= 4 is 5.91 Å². The summed E-state index contributed by atoms with van der Waals surface area (Å²) in [4.78, 5) is 16.1. The SMILES string of the molecule is COCCOc1ccccc1C(=O)NOC. The average molecular weight is 225 g/mol. The molecule has 0 saturated heterocycles. The number of nitrogens with one attached hydrogen (secondary N) is 1. The second kappa shape index (κ2) is 6.81. The van der Waals surface area contributed by atoms with E-state index in [1.54, 1.807) is 31.4 Å². The quantitative estimate of drug-likeness (QED) is 0.579. The van der Waals surface area contributed by atoms with Crippen molar-refractivity contribution in [2.24, 2.45) is 0 Å². The van der Waals surface area contributed by atoms with E-state index in [1.807, 2.05) is 0 Å². The number of hydrogen-bond donors (Lipinski definition) is 1. The van der Waals surface area contributed by atoms with Crippen LogP contribution in [0.15, 0.2) is 24.3 Å². The lowest BCUT2D eigenvalue weighted by Crippen LogP contribution is -2.22. The van der Waals surface area contributed by atoms with E-state index in [4.69, 9.17) is 9.47 Å². The molecule has 1 amide bonds. The molecule has 0 aromatic heterocycles. The fourth-order valence-corrected chi connectivity index (χ4v) is 1.16. The molecule has 0 unspecified atom stereocenters. The highest BCUT2D eigenvalue weighted by Crippen LogP contribution is 2.17. The molecular formula is C11H15NO4. The zero-order valence-corrected chi connectivity index (χ0v) is 9.36. The summed E-state index contributed by atoms with van der Waals surface area (Å²) >= 11 is 0. The minimum absolute atomic E-state index is 0.337. The minimum atomic E-state index is -0.337. The number of rotatable bonds is 6. The number of carbonyl (C=O) groups excluding carboxylic acids is 1. The highest BCUT2D eigenvalue weighted by molar-refractivity contribution is 5.96. The molecule has 1 rings (SSSR count). The molecule has 1 aromatic rings. The van der Waals surface area contributed by atoms with Gasteiger partial charge in [-0.2, -0.15) is 0 Å². The third-order valence-corrected chi connectivity index (χ3v) is 1.87. The summed E-state index contributed by atoms with van der Waals surface area (Å²) in [6.07, 6.45) is 0. The maximum atomic E-state index is 11.6. The maximum absolute atomic E-state index is 11.6. The van der Waals surface area contributed by atoms with Crippen LogP contribution in [0.1, 0.15) is 10.4 Å². The first-order valence-corrected chi connectivity index (χ1v) is 4.83. The van der Waals surface area contributed by atoms with Gasteiger partial charge in [0.15, 0.2) is 0 Å². The number of benzene rings is 1. The molecule has 0 aliphatic heterocycles. The van der Waals surface area contributed by atoms with Gasteiger partial charge in [-0.15, -0.1) is 0 Å². The van der Waals surface area contributed by atoms with Gasteiger partial charge in [0.1, 0.15) is 12.4 Å². The van der Waals surface area contributed by atoms with Crippen molar-refractivity contribution in [3.63, 3.8) is 0 Å². The van der Waals surface area contributed by atoms with Crippen molar-refractivity contribution in [3.05, 3.63) is 29.8 Å². The van der Waals surface area contributed by atoms with Gasteiger partial charge in [-0.1, -0.05) is 12.1 Å². The number of carbonyl (C=O) groups is 1. The van der Waals surface area contributed by atoms with E-state index in [1.165, 1.54) is 7.11 Å². The van der Waals surface area contributed by atoms with Gasteiger partial charge in [0, 0.05) is 7.11 Å². The summed E-state index contributed by atoms with van der Waals surface area (Å²) in [6, 6.07) is 6.94. The molecule has 16 heavy (non-hydrogen) atoms. The van der Waals surface area contributed by atoms with Crippen molar-refractivity contribution in [2.75, 3.05) is 27.4 Å².